The number of H-pyrrole nitrogens is 1. The lowest BCUT2D eigenvalue weighted by molar-refractivity contribution is -0.136. The number of para-hydroxylation sites is 1. The van der Waals surface area contributed by atoms with E-state index in [2.05, 4.69) is 4.98 Å². The molecule has 0 bridgehead atoms. The fourth-order valence-corrected chi connectivity index (χ4v) is 3.06. The van der Waals surface area contributed by atoms with Crippen molar-refractivity contribution in [1.82, 2.24) is 4.98 Å². The average molecular weight is 283 g/mol. The number of fused-ring (bicyclic) bond motifs is 3. The first-order valence-electron chi connectivity index (χ1n) is 6.64. The molecular formula is C15H16F3NO. The molecule has 0 amide bonds. The van der Waals surface area contributed by atoms with Crippen LogP contribution in [0.25, 0.3) is 10.9 Å². The molecule has 0 radical (unpaired) electrons. The topological polar surface area (TPSA) is 36.0 Å². The third-order valence-corrected chi connectivity index (χ3v) is 4.30. The number of aliphatic hydroxyl groups excluding tert-OH is 1. The van der Waals surface area contributed by atoms with E-state index in [-0.39, 0.29) is 17.5 Å². The first-order chi connectivity index (χ1) is 9.34. The van der Waals surface area contributed by atoms with Crippen molar-refractivity contribution in [3.05, 3.63) is 35.0 Å². The summed E-state index contributed by atoms with van der Waals surface area (Å²) in [4.78, 5) is 2.95. The molecule has 0 saturated heterocycles. The number of rotatable bonds is 1. The number of aliphatic hydroxyl groups is 1. The Bertz CT molecular complexity index is 659. The van der Waals surface area contributed by atoms with Crippen molar-refractivity contribution in [2.45, 2.75) is 32.4 Å². The number of aromatic amines is 1. The van der Waals surface area contributed by atoms with Gasteiger partial charge in [0.2, 0.25) is 0 Å². The van der Waals surface area contributed by atoms with Crippen LogP contribution in [0, 0.1) is 5.41 Å². The normalized spacial score (nSPS) is 23.1. The molecule has 1 aliphatic rings. The molecule has 108 valence electrons. The lowest BCUT2D eigenvalue weighted by Crippen LogP contribution is -2.29. The van der Waals surface area contributed by atoms with Gasteiger partial charge >= 0.3 is 6.18 Å². The van der Waals surface area contributed by atoms with Gasteiger partial charge in [0.05, 0.1) is 11.1 Å². The fourth-order valence-electron chi connectivity index (χ4n) is 3.06. The summed E-state index contributed by atoms with van der Waals surface area (Å²) < 4.78 is 39.1. The van der Waals surface area contributed by atoms with Gasteiger partial charge in [-0.25, -0.2) is 0 Å². The molecule has 2 nitrogen and oxygen atoms in total. The van der Waals surface area contributed by atoms with E-state index in [1.54, 1.807) is 6.07 Å². The molecule has 2 aromatic rings. The van der Waals surface area contributed by atoms with Crippen LogP contribution in [0.5, 0.6) is 0 Å². The molecule has 1 heterocycles. The van der Waals surface area contributed by atoms with Gasteiger partial charge in [-0.1, -0.05) is 19.1 Å². The summed E-state index contributed by atoms with van der Waals surface area (Å²) in [5.41, 5.74) is 1.12. The van der Waals surface area contributed by atoms with Crippen molar-refractivity contribution in [2.24, 2.45) is 5.41 Å². The third-order valence-electron chi connectivity index (χ3n) is 4.30. The summed E-state index contributed by atoms with van der Waals surface area (Å²) in [6.45, 7) is 2.03. The third kappa shape index (κ3) is 2.00. The molecule has 0 aliphatic heterocycles. The Labute approximate surface area is 114 Å². The van der Waals surface area contributed by atoms with Crippen LogP contribution in [0.1, 0.15) is 30.2 Å². The van der Waals surface area contributed by atoms with Gasteiger partial charge in [0.1, 0.15) is 0 Å². The number of aryl methyl sites for hydroxylation is 1. The molecule has 3 rings (SSSR count). The highest BCUT2D eigenvalue weighted by molar-refractivity contribution is 5.88. The van der Waals surface area contributed by atoms with Gasteiger partial charge in [-0.15, -0.1) is 0 Å². The van der Waals surface area contributed by atoms with Crippen molar-refractivity contribution in [3.63, 3.8) is 0 Å². The molecule has 1 aliphatic carbocycles. The number of nitrogens with one attached hydrogen (secondary N) is 1. The smallest absolute Gasteiger partial charge is 0.396 e. The van der Waals surface area contributed by atoms with Crippen LogP contribution in [0.3, 0.4) is 0 Å². The van der Waals surface area contributed by atoms with Crippen LogP contribution in [-0.4, -0.2) is 16.7 Å². The van der Waals surface area contributed by atoms with Gasteiger partial charge < -0.3 is 10.1 Å². The zero-order chi connectivity index (χ0) is 14.5. The summed E-state index contributed by atoms with van der Waals surface area (Å²) in [6, 6.07) is 4.28. The maximum absolute atomic E-state index is 13.0. The Morgan fingerprint density at radius 3 is 2.75 bits per heavy atom. The number of alkyl halides is 3. The summed E-state index contributed by atoms with van der Waals surface area (Å²) in [6.07, 6.45) is -2.28. The number of aromatic nitrogens is 1. The Hall–Kier alpha value is -1.49. The lowest BCUT2D eigenvalue weighted by Gasteiger charge is -2.31. The first kappa shape index (κ1) is 13.5. The highest BCUT2D eigenvalue weighted by atomic mass is 19.4. The van der Waals surface area contributed by atoms with E-state index in [9.17, 15) is 18.3 Å². The predicted molar refractivity (Wildman–Crippen MR) is 70.5 cm³/mol. The van der Waals surface area contributed by atoms with Gasteiger partial charge in [0, 0.05) is 17.7 Å². The van der Waals surface area contributed by atoms with E-state index < -0.39 is 11.7 Å². The Morgan fingerprint density at radius 1 is 1.35 bits per heavy atom. The van der Waals surface area contributed by atoms with Crippen LogP contribution in [0.15, 0.2) is 18.2 Å². The van der Waals surface area contributed by atoms with E-state index in [0.717, 1.165) is 23.7 Å². The summed E-state index contributed by atoms with van der Waals surface area (Å²) in [5.74, 6) is 0. The molecule has 0 spiro atoms. The second-order valence-electron chi connectivity index (χ2n) is 5.95. The highest BCUT2D eigenvalue weighted by Gasteiger charge is 2.36. The number of halogens is 3. The van der Waals surface area contributed by atoms with Crippen molar-refractivity contribution in [2.75, 3.05) is 6.61 Å². The van der Waals surface area contributed by atoms with Crippen LogP contribution < -0.4 is 0 Å². The molecule has 1 aromatic heterocycles. The lowest BCUT2D eigenvalue weighted by atomic mass is 9.75. The first-order valence-corrected chi connectivity index (χ1v) is 6.64. The van der Waals surface area contributed by atoms with Crippen molar-refractivity contribution in [3.8, 4) is 0 Å². The Balaban J connectivity index is 2.20. The summed E-state index contributed by atoms with van der Waals surface area (Å²) >= 11 is 0. The monoisotopic (exact) mass is 283 g/mol. The minimum absolute atomic E-state index is 0.0536. The van der Waals surface area contributed by atoms with Crippen LogP contribution in [0.2, 0.25) is 0 Å². The van der Waals surface area contributed by atoms with Crippen molar-refractivity contribution < 1.29 is 18.3 Å². The molecule has 0 saturated carbocycles. The zero-order valence-electron chi connectivity index (χ0n) is 11.1. The number of benzene rings is 1. The second kappa shape index (κ2) is 4.25. The largest absolute Gasteiger partial charge is 0.418 e. The van der Waals surface area contributed by atoms with Gasteiger partial charge in [-0.2, -0.15) is 13.2 Å². The van der Waals surface area contributed by atoms with Crippen LogP contribution in [-0.2, 0) is 19.0 Å². The SMILES string of the molecule is CC1(CO)CCc2[nH]c3c(C(F)(F)F)cccc3c2C1. The maximum atomic E-state index is 13.0. The fraction of sp³-hybridized carbons (Fsp3) is 0.467. The maximum Gasteiger partial charge on any atom is 0.418 e. The standard InChI is InChI=1S/C15H16F3NO/c1-14(8-20)6-5-12-10(7-14)9-3-2-4-11(13(9)19-12)15(16,17)18/h2-4,19-20H,5-8H2,1H3. The van der Waals surface area contributed by atoms with Crippen LogP contribution in [0.4, 0.5) is 13.2 Å². The molecule has 1 aromatic carbocycles. The van der Waals surface area contributed by atoms with E-state index in [4.69, 9.17) is 0 Å². The van der Waals surface area contributed by atoms with Crippen molar-refractivity contribution in [1.29, 1.82) is 0 Å². The number of hydrogen-bond donors (Lipinski definition) is 2. The summed E-state index contributed by atoms with van der Waals surface area (Å²) in [5, 5.41) is 10.1. The minimum atomic E-state index is -4.35. The van der Waals surface area contributed by atoms with Crippen LogP contribution >= 0.6 is 0 Å². The second-order valence-corrected chi connectivity index (χ2v) is 5.95. The quantitative estimate of drug-likeness (QED) is 0.823. The highest BCUT2D eigenvalue weighted by Crippen LogP contribution is 2.41. The average Bonchev–Trinajstić information content (AvgIpc) is 2.75. The molecule has 0 fully saturated rings. The molecular weight excluding hydrogens is 267 g/mol. The predicted octanol–water partition coefficient (Wildman–Crippen LogP) is 3.67. The number of hydrogen-bond acceptors (Lipinski definition) is 1. The molecule has 20 heavy (non-hydrogen) atoms. The van der Waals surface area contributed by atoms with E-state index in [0.29, 0.717) is 18.2 Å². The van der Waals surface area contributed by atoms with Gasteiger partial charge in [0.15, 0.2) is 0 Å². The Kier molecular flexibility index (Phi) is 2.87. The summed E-state index contributed by atoms with van der Waals surface area (Å²) in [7, 11) is 0. The minimum Gasteiger partial charge on any atom is -0.396 e. The molecule has 1 unspecified atom stereocenters. The van der Waals surface area contributed by atoms with Crippen molar-refractivity contribution >= 4 is 10.9 Å². The van der Waals surface area contributed by atoms with Gasteiger partial charge in [-0.05, 0) is 36.3 Å². The van der Waals surface area contributed by atoms with E-state index in [1.165, 1.54) is 6.07 Å². The van der Waals surface area contributed by atoms with E-state index in [1.807, 2.05) is 6.92 Å². The van der Waals surface area contributed by atoms with Gasteiger partial charge in [-0.3, -0.25) is 0 Å². The molecule has 1 atom stereocenters. The molecule has 5 heteroatoms. The zero-order valence-corrected chi connectivity index (χ0v) is 11.1. The van der Waals surface area contributed by atoms with Gasteiger partial charge in [0.25, 0.3) is 0 Å². The molecule has 2 N–H and O–H groups in total. The van der Waals surface area contributed by atoms with E-state index >= 15 is 0 Å². The Morgan fingerprint density at radius 2 is 2.10 bits per heavy atom.